The molecule has 104 valence electrons. The molecule has 0 spiro atoms. The van der Waals surface area contributed by atoms with E-state index in [1.165, 1.54) is 18.2 Å². The molecule has 2 rings (SSSR count). The maximum absolute atomic E-state index is 12.8. The molecule has 1 atom stereocenters. The highest BCUT2D eigenvalue weighted by molar-refractivity contribution is 7.98. The number of benzene rings is 1. The molecule has 1 aromatic carbocycles. The number of alkyl halides is 2. The molecule has 0 amide bonds. The maximum atomic E-state index is 12.8. The third-order valence-electron chi connectivity index (χ3n) is 2.66. The molecule has 1 aliphatic rings. The molecular formula is C12H13F2NO3S. The summed E-state index contributed by atoms with van der Waals surface area (Å²) in [6.45, 7) is 0. The molecule has 0 aliphatic carbocycles. The molecule has 19 heavy (non-hydrogen) atoms. The van der Waals surface area contributed by atoms with Gasteiger partial charge >= 0.3 is 6.29 Å². The highest BCUT2D eigenvalue weighted by atomic mass is 32.2. The van der Waals surface area contributed by atoms with Crippen LogP contribution in [-0.2, 0) is 0 Å². The van der Waals surface area contributed by atoms with Crippen molar-refractivity contribution in [3.63, 3.8) is 0 Å². The normalized spacial score (nSPS) is 17.3. The van der Waals surface area contributed by atoms with Crippen molar-refractivity contribution in [3.05, 3.63) is 23.8 Å². The van der Waals surface area contributed by atoms with E-state index in [0.717, 1.165) is 5.75 Å². The van der Waals surface area contributed by atoms with Gasteiger partial charge in [-0.1, -0.05) is 0 Å². The first-order valence-electron chi connectivity index (χ1n) is 5.61. The van der Waals surface area contributed by atoms with Gasteiger partial charge in [0.05, 0.1) is 6.04 Å². The average Bonchev–Trinajstić information content (AvgIpc) is 2.67. The Balaban J connectivity index is 2.13. The van der Waals surface area contributed by atoms with E-state index in [2.05, 4.69) is 9.47 Å². The zero-order valence-electron chi connectivity index (χ0n) is 10.2. The molecule has 2 N–H and O–H groups in total. The fourth-order valence-electron chi connectivity index (χ4n) is 1.69. The second kappa shape index (κ2) is 5.34. The molecule has 1 aliphatic heterocycles. The van der Waals surface area contributed by atoms with Crippen LogP contribution in [0.15, 0.2) is 18.2 Å². The van der Waals surface area contributed by atoms with E-state index in [1.54, 1.807) is 11.8 Å². The van der Waals surface area contributed by atoms with Crippen molar-refractivity contribution in [2.24, 2.45) is 5.73 Å². The zero-order valence-corrected chi connectivity index (χ0v) is 11.0. The number of fused-ring (bicyclic) bond motifs is 1. The number of rotatable bonds is 5. The quantitative estimate of drug-likeness (QED) is 0.843. The van der Waals surface area contributed by atoms with Gasteiger partial charge in [-0.3, -0.25) is 4.79 Å². The van der Waals surface area contributed by atoms with Gasteiger partial charge in [0, 0.05) is 5.56 Å². The van der Waals surface area contributed by atoms with Gasteiger partial charge in [-0.05, 0) is 36.6 Å². The van der Waals surface area contributed by atoms with Gasteiger partial charge in [-0.2, -0.15) is 11.8 Å². The van der Waals surface area contributed by atoms with Crippen molar-refractivity contribution in [3.8, 4) is 11.5 Å². The minimum absolute atomic E-state index is 0.0840. The minimum atomic E-state index is -3.68. The Kier molecular flexibility index (Phi) is 3.96. The molecule has 1 unspecified atom stereocenters. The van der Waals surface area contributed by atoms with Crippen LogP contribution in [0.25, 0.3) is 0 Å². The Labute approximate surface area is 113 Å². The first kappa shape index (κ1) is 14.1. The number of nitrogens with two attached hydrogens (primary N) is 1. The predicted molar refractivity (Wildman–Crippen MR) is 67.9 cm³/mol. The van der Waals surface area contributed by atoms with Crippen LogP contribution in [0.2, 0.25) is 0 Å². The van der Waals surface area contributed by atoms with Crippen molar-refractivity contribution in [1.29, 1.82) is 0 Å². The van der Waals surface area contributed by atoms with Crippen LogP contribution < -0.4 is 15.2 Å². The number of halogens is 2. The lowest BCUT2D eigenvalue weighted by atomic mass is 10.0. The molecule has 4 nitrogen and oxygen atoms in total. The smallest absolute Gasteiger partial charge is 0.395 e. The van der Waals surface area contributed by atoms with Crippen LogP contribution in [0.1, 0.15) is 16.8 Å². The Hall–Kier alpha value is -1.34. The van der Waals surface area contributed by atoms with E-state index in [1.807, 2.05) is 6.26 Å². The summed E-state index contributed by atoms with van der Waals surface area (Å²) in [6, 6.07) is 3.28. The van der Waals surface area contributed by atoms with Crippen molar-refractivity contribution in [2.75, 3.05) is 12.0 Å². The summed E-state index contributed by atoms with van der Waals surface area (Å²) in [7, 11) is 0. The van der Waals surface area contributed by atoms with Crippen LogP contribution in [0, 0.1) is 0 Å². The standard InChI is InChI=1S/C12H13F2NO3S/c1-19-5-4-8(15)11(16)7-2-3-9-10(6-7)18-12(13,14)17-9/h2-3,6,8H,4-5,15H2,1H3. The Bertz CT molecular complexity index is 496. The van der Waals surface area contributed by atoms with Gasteiger partial charge in [0.2, 0.25) is 0 Å². The molecule has 1 heterocycles. The topological polar surface area (TPSA) is 61.6 Å². The van der Waals surface area contributed by atoms with Crippen LogP contribution in [0.3, 0.4) is 0 Å². The maximum Gasteiger partial charge on any atom is 0.586 e. The Morgan fingerprint density at radius 2 is 2.11 bits per heavy atom. The minimum Gasteiger partial charge on any atom is -0.395 e. The van der Waals surface area contributed by atoms with E-state index in [9.17, 15) is 13.6 Å². The number of thioether (sulfide) groups is 1. The van der Waals surface area contributed by atoms with E-state index < -0.39 is 12.3 Å². The van der Waals surface area contributed by atoms with Crippen LogP contribution in [0.4, 0.5) is 8.78 Å². The van der Waals surface area contributed by atoms with Gasteiger partial charge < -0.3 is 15.2 Å². The molecule has 7 heteroatoms. The number of carbonyl (C=O) groups excluding carboxylic acids is 1. The van der Waals surface area contributed by atoms with Gasteiger partial charge in [0.25, 0.3) is 0 Å². The monoisotopic (exact) mass is 289 g/mol. The fraction of sp³-hybridized carbons (Fsp3) is 0.417. The molecule has 0 bridgehead atoms. The van der Waals surface area contributed by atoms with Crippen LogP contribution in [-0.4, -0.2) is 30.1 Å². The fourth-order valence-corrected chi connectivity index (χ4v) is 2.18. The lowest BCUT2D eigenvalue weighted by Crippen LogP contribution is -2.31. The van der Waals surface area contributed by atoms with Gasteiger partial charge in [0.15, 0.2) is 17.3 Å². The number of hydrogen-bond acceptors (Lipinski definition) is 5. The summed E-state index contributed by atoms with van der Waals surface area (Å²) >= 11 is 1.59. The van der Waals surface area contributed by atoms with E-state index >= 15 is 0 Å². The Morgan fingerprint density at radius 3 is 2.79 bits per heavy atom. The first-order valence-corrected chi connectivity index (χ1v) is 7.01. The van der Waals surface area contributed by atoms with Gasteiger partial charge in [0.1, 0.15) is 0 Å². The molecule has 0 fully saturated rings. The highest BCUT2D eigenvalue weighted by Gasteiger charge is 2.43. The van der Waals surface area contributed by atoms with Crippen molar-refractivity contribution in [2.45, 2.75) is 18.8 Å². The third-order valence-corrected chi connectivity index (χ3v) is 3.30. The summed E-state index contributed by atoms with van der Waals surface area (Å²) in [5, 5.41) is 0. The predicted octanol–water partition coefficient (Wildman–Crippen LogP) is 2.27. The number of carbonyl (C=O) groups is 1. The number of hydrogen-bond donors (Lipinski definition) is 1. The van der Waals surface area contributed by atoms with Gasteiger partial charge in [-0.25, -0.2) is 0 Å². The van der Waals surface area contributed by atoms with E-state index in [4.69, 9.17) is 5.73 Å². The summed E-state index contributed by atoms with van der Waals surface area (Å²) in [5.41, 5.74) is 5.99. The molecule has 0 saturated carbocycles. The molecule has 0 saturated heterocycles. The van der Waals surface area contributed by atoms with Crippen molar-refractivity contribution in [1.82, 2.24) is 0 Å². The van der Waals surface area contributed by atoms with E-state index in [0.29, 0.717) is 6.42 Å². The molecular weight excluding hydrogens is 276 g/mol. The summed E-state index contributed by atoms with van der Waals surface area (Å²) in [4.78, 5) is 12.0. The number of Topliss-reactive ketones (excluding diaryl/α,β-unsaturated/α-hetero) is 1. The number of ether oxygens (including phenoxy) is 2. The van der Waals surface area contributed by atoms with Crippen LogP contribution in [0.5, 0.6) is 11.5 Å². The third kappa shape index (κ3) is 3.16. The summed E-state index contributed by atoms with van der Waals surface area (Å²) < 4.78 is 34.2. The SMILES string of the molecule is CSCCC(N)C(=O)c1ccc2c(c1)OC(F)(F)O2. The highest BCUT2D eigenvalue weighted by Crippen LogP contribution is 2.41. The van der Waals surface area contributed by atoms with Crippen molar-refractivity contribution < 1.29 is 23.0 Å². The molecule has 0 radical (unpaired) electrons. The van der Waals surface area contributed by atoms with Crippen molar-refractivity contribution >= 4 is 17.5 Å². The largest absolute Gasteiger partial charge is 0.586 e. The number of ketones is 1. The zero-order chi connectivity index (χ0) is 14.0. The summed E-state index contributed by atoms with van der Waals surface area (Å²) in [6.07, 6.45) is -1.23. The van der Waals surface area contributed by atoms with Crippen LogP contribution >= 0.6 is 11.8 Å². The lowest BCUT2D eigenvalue weighted by Gasteiger charge is -2.09. The first-order chi connectivity index (χ1) is 8.93. The summed E-state index contributed by atoms with van der Waals surface area (Å²) in [5.74, 6) is 0.234. The van der Waals surface area contributed by atoms with E-state index in [-0.39, 0.29) is 22.8 Å². The molecule has 0 aromatic heterocycles. The second-order valence-electron chi connectivity index (χ2n) is 4.08. The molecule has 1 aromatic rings. The Morgan fingerprint density at radius 1 is 1.42 bits per heavy atom. The average molecular weight is 289 g/mol. The lowest BCUT2D eigenvalue weighted by molar-refractivity contribution is -0.286. The second-order valence-corrected chi connectivity index (χ2v) is 5.07. The van der Waals surface area contributed by atoms with Gasteiger partial charge in [-0.15, -0.1) is 8.78 Å².